The smallest absolute Gasteiger partial charge is 0.0109 e. The molecule has 1 aliphatic heterocycles. The fourth-order valence-electron chi connectivity index (χ4n) is 2.93. The van der Waals surface area contributed by atoms with Gasteiger partial charge in [0.1, 0.15) is 0 Å². The Morgan fingerprint density at radius 1 is 1.17 bits per heavy atom. The molecule has 2 rings (SSSR count). The number of hydrogen-bond acceptors (Lipinski definition) is 3. The van der Waals surface area contributed by atoms with Gasteiger partial charge < -0.3 is 15.1 Å². The first-order valence-corrected chi connectivity index (χ1v) is 8.00. The second-order valence-corrected chi connectivity index (χ2v) is 6.07. The lowest BCUT2D eigenvalue weighted by atomic mass is 10.1. The highest BCUT2D eigenvalue weighted by molar-refractivity contribution is 4.84. The van der Waals surface area contributed by atoms with Gasteiger partial charge in [0.15, 0.2) is 0 Å². The molecule has 1 saturated heterocycles. The first kappa shape index (κ1) is 14.3. The van der Waals surface area contributed by atoms with Crippen molar-refractivity contribution >= 4 is 0 Å². The van der Waals surface area contributed by atoms with Crippen molar-refractivity contribution < 1.29 is 0 Å². The maximum Gasteiger partial charge on any atom is 0.0109 e. The third-order valence-electron chi connectivity index (χ3n) is 4.36. The Morgan fingerprint density at radius 2 is 2.00 bits per heavy atom. The largest absolute Gasteiger partial charge is 0.314 e. The zero-order valence-electron chi connectivity index (χ0n) is 12.3. The molecule has 1 atom stereocenters. The van der Waals surface area contributed by atoms with Gasteiger partial charge in [-0.3, -0.25) is 0 Å². The van der Waals surface area contributed by atoms with E-state index in [-0.39, 0.29) is 0 Å². The van der Waals surface area contributed by atoms with E-state index in [1.165, 1.54) is 71.5 Å². The molecule has 0 aromatic rings. The first-order valence-electron chi connectivity index (χ1n) is 8.00. The summed E-state index contributed by atoms with van der Waals surface area (Å²) >= 11 is 0. The lowest BCUT2D eigenvalue weighted by Crippen LogP contribution is -2.35. The van der Waals surface area contributed by atoms with Gasteiger partial charge in [-0.25, -0.2) is 0 Å². The third kappa shape index (κ3) is 4.87. The van der Waals surface area contributed by atoms with Crippen LogP contribution in [0.15, 0.2) is 0 Å². The van der Waals surface area contributed by atoms with E-state index in [0.29, 0.717) is 0 Å². The molecule has 18 heavy (non-hydrogen) atoms. The highest BCUT2D eigenvalue weighted by atomic mass is 15.2. The molecule has 1 saturated carbocycles. The number of hydrogen-bond donors (Lipinski definition) is 1. The lowest BCUT2D eigenvalue weighted by Gasteiger charge is -2.23. The molecule has 1 heterocycles. The molecule has 2 aliphatic rings. The Kier molecular flexibility index (Phi) is 5.93. The van der Waals surface area contributed by atoms with Crippen LogP contribution >= 0.6 is 0 Å². The zero-order valence-corrected chi connectivity index (χ0v) is 12.3. The summed E-state index contributed by atoms with van der Waals surface area (Å²) in [5.41, 5.74) is 0. The van der Waals surface area contributed by atoms with Crippen LogP contribution in [-0.4, -0.2) is 61.7 Å². The molecule has 0 spiro atoms. The fourth-order valence-corrected chi connectivity index (χ4v) is 2.93. The van der Waals surface area contributed by atoms with Crippen LogP contribution < -0.4 is 5.32 Å². The molecule has 0 bridgehead atoms. The number of nitrogens with one attached hydrogen (secondary N) is 1. The van der Waals surface area contributed by atoms with Crippen molar-refractivity contribution in [1.29, 1.82) is 0 Å². The third-order valence-corrected chi connectivity index (χ3v) is 4.36. The minimum absolute atomic E-state index is 0.874. The van der Waals surface area contributed by atoms with Crippen LogP contribution in [0.1, 0.15) is 39.5 Å². The highest BCUT2D eigenvalue weighted by Crippen LogP contribution is 2.21. The molecule has 1 N–H and O–H groups in total. The van der Waals surface area contributed by atoms with Crippen LogP contribution in [0.4, 0.5) is 0 Å². The van der Waals surface area contributed by atoms with Gasteiger partial charge in [0.2, 0.25) is 0 Å². The monoisotopic (exact) mass is 253 g/mol. The van der Waals surface area contributed by atoms with E-state index in [0.717, 1.165) is 12.0 Å². The van der Waals surface area contributed by atoms with Gasteiger partial charge in [-0.1, -0.05) is 13.8 Å². The van der Waals surface area contributed by atoms with E-state index >= 15 is 0 Å². The maximum atomic E-state index is 3.68. The minimum atomic E-state index is 0.874. The Morgan fingerprint density at radius 3 is 2.67 bits per heavy atom. The molecule has 2 fully saturated rings. The molecule has 106 valence electrons. The standard InChI is InChI=1S/C15H31N3/c1-3-8-17(4-2)10-11-18-9-7-14(13-18)12-16-15-5-6-15/h14-16H,3-13H2,1-2H3. The van der Waals surface area contributed by atoms with Crippen LogP contribution in [0.3, 0.4) is 0 Å². The van der Waals surface area contributed by atoms with Gasteiger partial charge in [-0.15, -0.1) is 0 Å². The summed E-state index contributed by atoms with van der Waals surface area (Å²) in [6.07, 6.45) is 5.51. The van der Waals surface area contributed by atoms with Crippen LogP contribution in [0.25, 0.3) is 0 Å². The van der Waals surface area contributed by atoms with Crippen LogP contribution in [0.2, 0.25) is 0 Å². The van der Waals surface area contributed by atoms with Crippen LogP contribution in [0, 0.1) is 5.92 Å². The highest BCUT2D eigenvalue weighted by Gasteiger charge is 2.26. The zero-order chi connectivity index (χ0) is 12.8. The summed E-state index contributed by atoms with van der Waals surface area (Å²) in [6.45, 7) is 13.4. The lowest BCUT2D eigenvalue weighted by molar-refractivity contribution is 0.229. The van der Waals surface area contributed by atoms with Crippen molar-refractivity contribution in [1.82, 2.24) is 15.1 Å². The van der Waals surface area contributed by atoms with E-state index < -0.39 is 0 Å². The SMILES string of the molecule is CCCN(CC)CCN1CCC(CNC2CC2)C1. The van der Waals surface area contributed by atoms with Gasteiger partial charge in [-0.2, -0.15) is 0 Å². The van der Waals surface area contributed by atoms with Gasteiger partial charge in [-0.05, 0) is 57.8 Å². The van der Waals surface area contributed by atoms with Crippen LogP contribution in [0.5, 0.6) is 0 Å². The molecule has 0 radical (unpaired) electrons. The summed E-state index contributed by atoms with van der Waals surface area (Å²) in [4.78, 5) is 5.24. The molecular formula is C15H31N3. The summed E-state index contributed by atoms with van der Waals surface area (Å²) in [5, 5.41) is 3.68. The van der Waals surface area contributed by atoms with Crippen molar-refractivity contribution in [2.75, 3.05) is 45.8 Å². The van der Waals surface area contributed by atoms with Crippen LogP contribution in [-0.2, 0) is 0 Å². The normalized spacial score (nSPS) is 25.2. The molecule has 0 aromatic heterocycles. The average molecular weight is 253 g/mol. The van der Waals surface area contributed by atoms with Crippen molar-refractivity contribution in [2.45, 2.75) is 45.6 Å². The fraction of sp³-hybridized carbons (Fsp3) is 1.00. The van der Waals surface area contributed by atoms with Crippen molar-refractivity contribution in [3.05, 3.63) is 0 Å². The van der Waals surface area contributed by atoms with Gasteiger partial charge in [0.25, 0.3) is 0 Å². The number of likely N-dealkylation sites (N-methyl/N-ethyl adjacent to an activating group) is 1. The van der Waals surface area contributed by atoms with Crippen molar-refractivity contribution in [3.63, 3.8) is 0 Å². The van der Waals surface area contributed by atoms with E-state index in [1.807, 2.05) is 0 Å². The molecular weight excluding hydrogens is 222 g/mol. The Hall–Kier alpha value is -0.120. The predicted octanol–water partition coefficient (Wildman–Crippen LogP) is 1.79. The van der Waals surface area contributed by atoms with Gasteiger partial charge >= 0.3 is 0 Å². The van der Waals surface area contributed by atoms with E-state index in [4.69, 9.17) is 0 Å². The number of likely N-dealkylation sites (tertiary alicyclic amines) is 1. The van der Waals surface area contributed by atoms with Gasteiger partial charge in [0.05, 0.1) is 0 Å². The van der Waals surface area contributed by atoms with Crippen molar-refractivity contribution in [3.8, 4) is 0 Å². The summed E-state index contributed by atoms with van der Waals surface area (Å²) in [6, 6.07) is 0.874. The molecule has 1 unspecified atom stereocenters. The number of nitrogens with zero attached hydrogens (tertiary/aromatic N) is 2. The average Bonchev–Trinajstić information content (AvgIpc) is 3.11. The first-order chi connectivity index (χ1) is 8.81. The Bertz CT molecular complexity index is 228. The molecule has 1 aliphatic carbocycles. The molecule has 3 heteroatoms. The van der Waals surface area contributed by atoms with E-state index in [9.17, 15) is 0 Å². The molecule has 3 nitrogen and oxygen atoms in total. The molecule has 0 amide bonds. The Balaban J connectivity index is 1.56. The van der Waals surface area contributed by atoms with Gasteiger partial charge in [0, 0.05) is 25.7 Å². The van der Waals surface area contributed by atoms with Crippen molar-refractivity contribution in [2.24, 2.45) is 5.92 Å². The summed E-state index contributed by atoms with van der Waals surface area (Å²) in [5.74, 6) is 0.909. The van der Waals surface area contributed by atoms with E-state index in [1.54, 1.807) is 0 Å². The summed E-state index contributed by atoms with van der Waals surface area (Å²) in [7, 11) is 0. The second-order valence-electron chi connectivity index (χ2n) is 6.07. The number of rotatable bonds is 9. The van der Waals surface area contributed by atoms with E-state index in [2.05, 4.69) is 29.0 Å². The predicted molar refractivity (Wildman–Crippen MR) is 78.0 cm³/mol. The molecule has 0 aromatic carbocycles. The Labute approximate surface area is 113 Å². The maximum absolute atomic E-state index is 3.68. The topological polar surface area (TPSA) is 18.5 Å². The minimum Gasteiger partial charge on any atom is -0.314 e. The second kappa shape index (κ2) is 7.46. The quantitative estimate of drug-likeness (QED) is 0.676. The summed E-state index contributed by atoms with van der Waals surface area (Å²) < 4.78 is 0.